The maximum absolute atomic E-state index is 8.12. The van der Waals surface area contributed by atoms with Gasteiger partial charge in [-0.05, 0) is 0 Å². The molecule has 0 atom stereocenters. The molecule has 0 aliphatic heterocycles. The monoisotopic (exact) mass is 108 g/mol. The van der Waals surface area contributed by atoms with E-state index in [4.69, 9.17) is 14.2 Å². The van der Waals surface area contributed by atoms with Crippen LogP contribution < -0.4 is 0 Å². The SMILES string of the molecule is C.O.O=C=O.[C-]#[O+].[HH]. The first-order valence-corrected chi connectivity index (χ1v) is 0.612. The quantitative estimate of drug-likeness (QED) is 0.307. The van der Waals surface area contributed by atoms with Crippen LogP contribution >= 0.6 is 0 Å². The summed E-state index contributed by atoms with van der Waals surface area (Å²) in [7, 11) is 0. The minimum atomic E-state index is 0. The van der Waals surface area contributed by atoms with Crippen LogP contribution in [0.3, 0.4) is 0 Å². The molecule has 0 aromatic rings. The van der Waals surface area contributed by atoms with Crippen molar-refractivity contribution in [2.45, 2.75) is 7.43 Å². The van der Waals surface area contributed by atoms with E-state index in [2.05, 4.69) is 6.65 Å². The molecule has 0 aromatic heterocycles. The van der Waals surface area contributed by atoms with Gasteiger partial charge in [0.2, 0.25) is 0 Å². The second kappa shape index (κ2) is 13200. The minimum Gasteiger partial charge on any atom is 0 e. The molecule has 44 valence electrons. The molecule has 0 amide bonds. The Morgan fingerprint density at radius 1 is 1.43 bits per heavy atom. The number of carbonyl (C=O) groups excluding carboxylic acids is 2. The molecule has 0 saturated heterocycles. The summed E-state index contributed by atoms with van der Waals surface area (Å²) in [6.07, 6.45) is 0.250. The normalized spacial score (nSPS) is 1.43. The van der Waals surface area contributed by atoms with Crippen LogP contribution in [0.1, 0.15) is 8.85 Å². The average Bonchev–Trinajstić information content (AvgIpc) is 1.46. The van der Waals surface area contributed by atoms with Crippen LogP contribution in [0.15, 0.2) is 0 Å². The Morgan fingerprint density at radius 3 is 1.43 bits per heavy atom. The van der Waals surface area contributed by atoms with Gasteiger partial charge >= 0.3 is 17.5 Å². The molecule has 2 N–H and O–H groups in total. The van der Waals surface area contributed by atoms with Crippen molar-refractivity contribution in [3.05, 3.63) is 6.65 Å². The molecular weight excluding hydrogens is 100 g/mol. The molecule has 0 bridgehead atoms. The topological polar surface area (TPSA) is 85.5 Å². The smallest absolute Gasteiger partial charge is 0 e. The van der Waals surface area contributed by atoms with Gasteiger partial charge in [0.15, 0.2) is 0 Å². The first-order chi connectivity index (χ1) is 2.41. The molecule has 0 heterocycles. The van der Waals surface area contributed by atoms with Gasteiger partial charge in [-0.1, -0.05) is 7.43 Å². The van der Waals surface area contributed by atoms with Gasteiger partial charge in [0.1, 0.15) is 0 Å². The van der Waals surface area contributed by atoms with E-state index in [-0.39, 0.29) is 20.5 Å². The molecule has 7 heavy (non-hydrogen) atoms. The summed E-state index contributed by atoms with van der Waals surface area (Å²) < 4.78 is 7.50. The second-order valence-electron chi connectivity index (χ2n) is 0.0833. The van der Waals surface area contributed by atoms with Gasteiger partial charge in [0.05, 0.1) is 0 Å². The number of rotatable bonds is 0. The van der Waals surface area contributed by atoms with Crippen LogP contribution in [0.2, 0.25) is 0 Å². The van der Waals surface area contributed by atoms with Crippen molar-refractivity contribution >= 4 is 6.15 Å². The zero-order valence-corrected chi connectivity index (χ0v) is 2.72. The predicted octanol–water partition coefficient (Wildman–Crippen LogP) is -0.564. The van der Waals surface area contributed by atoms with Gasteiger partial charge < -0.3 is 5.48 Å². The standard InChI is InChI=1S/CO2.CO.CH4.H2O.H2/c2-1-3;1-2;;;/h;;1H4;1H2;1H. The van der Waals surface area contributed by atoms with E-state index in [0.717, 1.165) is 0 Å². The van der Waals surface area contributed by atoms with Gasteiger partial charge in [-0.3, -0.25) is 0 Å². The van der Waals surface area contributed by atoms with Crippen LogP contribution in [-0.4, -0.2) is 11.6 Å². The third-order valence-corrected chi connectivity index (χ3v) is 0. The fourth-order valence-electron chi connectivity index (χ4n) is 0. The van der Waals surface area contributed by atoms with E-state index in [9.17, 15) is 0 Å². The number of hydrogen-bond acceptors (Lipinski definition) is 2. The molecule has 0 saturated carbocycles. The molecule has 0 fully saturated rings. The molecule has 0 aliphatic rings. The Morgan fingerprint density at radius 2 is 1.43 bits per heavy atom. The fourth-order valence-corrected chi connectivity index (χ4v) is 0. The van der Waals surface area contributed by atoms with Crippen molar-refractivity contribution in [3.8, 4) is 0 Å². The van der Waals surface area contributed by atoms with E-state index in [1.54, 1.807) is 0 Å². The molecule has 0 rings (SSSR count). The Labute approximate surface area is 42.6 Å². The van der Waals surface area contributed by atoms with Crippen LogP contribution in [-0.2, 0) is 14.2 Å². The molecular formula is C3H8O4. The summed E-state index contributed by atoms with van der Waals surface area (Å²) in [5.41, 5.74) is 0. The van der Waals surface area contributed by atoms with Crippen molar-refractivity contribution in [2.75, 3.05) is 0 Å². The molecule has 0 radical (unpaired) electrons. The first kappa shape index (κ1) is 36.3. The number of hydrogen-bond donors (Lipinski definition) is 0. The maximum atomic E-state index is 8.12. The van der Waals surface area contributed by atoms with Crippen molar-refractivity contribution in [3.63, 3.8) is 0 Å². The zero-order valence-electron chi connectivity index (χ0n) is 2.72. The van der Waals surface area contributed by atoms with E-state index in [1.807, 2.05) is 0 Å². The molecule has 0 aromatic carbocycles. The van der Waals surface area contributed by atoms with E-state index >= 15 is 0 Å². The van der Waals surface area contributed by atoms with E-state index in [1.165, 1.54) is 0 Å². The minimum absolute atomic E-state index is 0. The summed E-state index contributed by atoms with van der Waals surface area (Å²) in [5, 5.41) is 0. The first-order valence-electron chi connectivity index (χ1n) is 0.612. The van der Waals surface area contributed by atoms with Crippen LogP contribution in [0.25, 0.3) is 0 Å². The van der Waals surface area contributed by atoms with Gasteiger partial charge in [-0.25, -0.2) is 0 Å². The predicted molar refractivity (Wildman–Crippen MR) is 21.4 cm³/mol. The van der Waals surface area contributed by atoms with Gasteiger partial charge in [0.25, 0.3) is 0 Å². The van der Waals surface area contributed by atoms with Crippen molar-refractivity contribution in [2.24, 2.45) is 0 Å². The Balaban J connectivity index is -0.00000000567. The third kappa shape index (κ3) is 56.9. The van der Waals surface area contributed by atoms with Gasteiger partial charge in [-0.2, -0.15) is 9.59 Å². The van der Waals surface area contributed by atoms with E-state index in [0.29, 0.717) is 0 Å². The van der Waals surface area contributed by atoms with Gasteiger partial charge in [-0.15, -0.1) is 0 Å². The van der Waals surface area contributed by atoms with Crippen molar-refractivity contribution in [1.82, 2.24) is 0 Å². The van der Waals surface area contributed by atoms with Crippen LogP contribution in [0, 0.1) is 6.65 Å². The molecule has 0 unspecified atom stereocenters. The Hall–Kier alpha value is -0.920. The van der Waals surface area contributed by atoms with Crippen molar-refractivity contribution in [1.29, 1.82) is 0 Å². The molecule has 4 nitrogen and oxygen atoms in total. The van der Waals surface area contributed by atoms with Gasteiger partial charge in [0, 0.05) is 1.43 Å². The zero-order chi connectivity index (χ0) is 4.71. The van der Waals surface area contributed by atoms with Crippen molar-refractivity contribution < 1.29 is 21.1 Å². The Kier molecular flexibility index (Phi) is 68500. The summed E-state index contributed by atoms with van der Waals surface area (Å²) in [6, 6.07) is 0. The van der Waals surface area contributed by atoms with Crippen LogP contribution in [0.4, 0.5) is 0 Å². The summed E-state index contributed by atoms with van der Waals surface area (Å²) in [6.45, 7) is 4.50. The molecule has 4 heteroatoms. The average molecular weight is 108 g/mol. The fraction of sp³-hybridized carbons (Fsp3) is 0.333. The van der Waals surface area contributed by atoms with E-state index < -0.39 is 0 Å². The molecule has 0 aliphatic carbocycles. The summed E-state index contributed by atoms with van der Waals surface area (Å²) in [5.74, 6) is 0. The summed E-state index contributed by atoms with van der Waals surface area (Å²) in [4.78, 5) is 16.2. The Bertz CT molecular complexity index is 53.5. The maximum Gasteiger partial charge on any atom is 0 e. The summed E-state index contributed by atoms with van der Waals surface area (Å²) >= 11 is 0. The third-order valence-electron chi connectivity index (χ3n) is 0. The van der Waals surface area contributed by atoms with Crippen LogP contribution in [0.5, 0.6) is 0 Å². The molecule has 0 spiro atoms. The largest absolute Gasteiger partial charge is 0 e. The second-order valence-corrected chi connectivity index (χ2v) is 0.0833.